The Labute approximate surface area is 185 Å². The molecular formula is C23H20F6O4. The molecule has 178 valence electrons. The van der Waals surface area contributed by atoms with Gasteiger partial charge in [-0.05, 0) is 30.7 Å². The van der Waals surface area contributed by atoms with E-state index in [0.29, 0.717) is 0 Å². The minimum Gasteiger partial charge on any atom is -0.463 e. The highest BCUT2D eigenvalue weighted by Crippen LogP contribution is 2.45. The highest BCUT2D eigenvalue weighted by Gasteiger charge is 2.41. The molecule has 10 heteroatoms. The lowest BCUT2D eigenvalue weighted by atomic mass is 9.95. The monoisotopic (exact) mass is 474 g/mol. The molecule has 0 unspecified atom stereocenters. The van der Waals surface area contributed by atoms with Crippen molar-refractivity contribution >= 4 is 5.97 Å². The Kier molecular flexibility index (Phi) is 7.48. The zero-order chi connectivity index (χ0) is 24.2. The van der Waals surface area contributed by atoms with Crippen LogP contribution in [0, 0.1) is 0 Å². The van der Waals surface area contributed by atoms with Crippen LogP contribution in [0.5, 0.6) is 0 Å². The number of carbonyl (C=O) groups excluding carboxylic acids is 1. The molecule has 0 aromatic heterocycles. The van der Waals surface area contributed by atoms with Crippen LogP contribution in [0.25, 0.3) is 0 Å². The molecule has 0 bridgehead atoms. The van der Waals surface area contributed by atoms with E-state index in [1.54, 1.807) is 6.92 Å². The maximum Gasteiger partial charge on any atom is 0.416 e. The first kappa shape index (κ1) is 24.8. The van der Waals surface area contributed by atoms with Gasteiger partial charge in [-0.1, -0.05) is 36.4 Å². The standard InChI is InChI=1S/C23H20F6O4/c1-2-31-20(30)12-11-14-13-19(15-7-3-5-9-17(15)22(24,25)26)33-21(32-14)16-8-4-6-10-18(16)23(27,28)29/h3-12,14,19,21H,2,13H2,1H3/b12-11+/t14-,19-,21-/m0/s1. The van der Waals surface area contributed by atoms with Crippen molar-refractivity contribution in [3.63, 3.8) is 0 Å². The number of carbonyl (C=O) groups is 1. The van der Waals surface area contributed by atoms with Gasteiger partial charge in [0.1, 0.15) is 0 Å². The van der Waals surface area contributed by atoms with Crippen LogP contribution < -0.4 is 0 Å². The van der Waals surface area contributed by atoms with Crippen LogP contribution >= 0.6 is 0 Å². The smallest absolute Gasteiger partial charge is 0.416 e. The Morgan fingerprint density at radius 1 is 0.939 bits per heavy atom. The van der Waals surface area contributed by atoms with Crippen molar-refractivity contribution < 1.29 is 45.3 Å². The van der Waals surface area contributed by atoms with Crippen LogP contribution in [0.3, 0.4) is 0 Å². The summed E-state index contributed by atoms with van der Waals surface area (Å²) in [6.07, 6.45) is -11.2. The molecule has 0 amide bonds. The second-order valence-electron chi connectivity index (χ2n) is 7.15. The normalized spacial score (nSPS) is 21.8. The van der Waals surface area contributed by atoms with Crippen molar-refractivity contribution in [2.24, 2.45) is 0 Å². The van der Waals surface area contributed by atoms with Gasteiger partial charge in [0, 0.05) is 18.1 Å². The SMILES string of the molecule is CCOC(=O)/C=C/[C@H]1C[C@@H](c2ccccc2C(F)(F)F)O[C@@H](c2ccccc2C(F)(F)F)O1. The average Bonchev–Trinajstić information content (AvgIpc) is 2.76. The lowest BCUT2D eigenvalue weighted by molar-refractivity contribution is -0.243. The second-order valence-corrected chi connectivity index (χ2v) is 7.15. The van der Waals surface area contributed by atoms with Gasteiger partial charge in [0.05, 0.1) is 29.9 Å². The minimum absolute atomic E-state index is 0.0982. The van der Waals surface area contributed by atoms with Gasteiger partial charge in [0.25, 0.3) is 0 Å². The molecule has 1 saturated heterocycles. The van der Waals surface area contributed by atoms with Gasteiger partial charge in [0.2, 0.25) is 0 Å². The van der Waals surface area contributed by atoms with E-state index in [4.69, 9.17) is 14.2 Å². The minimum atomic E-state index is -4.74. The quantitative estimate of drug-likeness (QED) is 0.286. The summed E-state index contributed by atoms with van der Waals surface area (Å²) < 4.78 is 97.4. The highest BCUT2D eigenvalue weighted by molar-refractivity contribution is 5.81. The first-order valence-electron chi connectivity index (χ1n) is 9.98. The molecule has 1 aliphatic heterocycles. The van der Waals surface area contributed by atoms with Crippen LogP contribution in [0.4, 0.5) is 26.3 Å². The fraction of sp³-hybridized carbons (Fsp3) is 0.348. The van der Waals surface area contributed by atoms with Crippen molar-refractivity contribution in [3.8, 4) is 0 Å². The number of rotatable bonds is 5. The number of ether oxygens (including phenoxy) is 3. The largest absolute Gasteiger partial charge is 0.463 e. The third-order valence-corrected chi connectivity index (χ3v) is 4.90. The van der Waals surface area contributed by atoms with Crippen LogP contribution in [-0.2, 0) is 31.4 Å². The van der Waals surface area contributed by atoms with E-state index in [1.165, 1.54) is 36.4 Å². The Bertz CT molecular complexity index is 933. The van der Waals surface area contributed by atoms with Gasteiger partial charge in [-0.2, -0.15) is 26.3 Å². The molecule has 4 nitrogen and oxygen atoms in total. The third-order valence-electron chi connectivity index (χ3n) is 4.90. The fourth-order valence-electron chi connectivity index (χ4n) is 3.51. The zero-order valence-corrected chi connectivity index (χ0v) is 17.3. The molecule has 2 aromatic carbocycles. The molecule has 2 aromatic rings. The third kappa shape index (κ3) is 6.14. The van der Waals surface area contributed by atoms with Crippen molar-refractivity contribution in [1.82, 2.24) is 0 Å². The molecule has 33 heavy (non-hydrogen) atoms. The summed E-state index contributed by atoms with van der Waals surface area (Å²) in [6.45, 7) is 1.69. The molecule has 0 N–H and O–H groups in total. The second kappa shape index (κ2) is 9.96. The molecule has 1 aliphatic rings. The van der Waals surface area contributed by atoms with E-state index in [-0.39, 0.29) is 24.2 Å². The molecule has 0 aliphatic carbocycles. The first-order valence-corrected chi connectivity index (χ1v) is 9.98. The molecule has 0 spiro atoms. The van der Waals surface area contributed by atoms with E-state index in [1.807, 2.05) is 0 Å². The maximum atomic E-state index is 13.6. The van der Waals surface area contributed by atoms with Crippen LogP contribution in [0.15, 0.2) is 60.7 Å². The summed E-state index contributed by atoms with van der Waals surface area (Å²) in [7, 11) is 0. The van der Waals surface area contributed by atoms with E-state index in [0.717, 1.165) is 24.3 Å². The number of halogens is 6. The molecule has 0 radical (unpaired) electrons. The topological polar surface area (TPSA) is 44.8 Å². The number of benzene rings is 2. The fourth-order valence-corrected chi connectivity index (χ4v) is 3.51. The van der Waals surface area contributed by atoms with E-state index >= 15 is 0 Å². The Hall–Kier alpha value is -2.85. The van der Waals surface area contributed by atoms with Crippen LogP contribution in [0.1, 0.15) is 48.0 Å². The van der Waals surface area contributed by atoms with Crippen LogP contribution in [0.2, 0.25) is 0 Å². The van der Waals surface area contributed by atoms with E-state index in [2.05, 4.69) is 0 Å². The summed E-state index contributed by atoms with van der Waals surface area (Å²) in [6, 6.07) is 9.16. The van der Waals surface area contributed by atoms with Crippen LogP contribution in [-0.4, -0.2) is 18.7 Å². The van der Waals surface area contributed by atoms with Crippen molar-refractivity contribution in [1.29, 1.82) is 0 Å². The number of hydrogen-bond donors (Lipinski definition) is 0. The van der Waals surface area contributed by atoms with Gasteiger partial charge in [-0.25, -0.2) is 4.79 Å². The zero-order valence-electron chi connectivity index (χ0n) is 17.3. The van der Waals surface area contributed by atoms with Gasteiger partial charge in [-0.15, -0.1) is 0 Å². The van der Waals surface area contributed by atoms with Crippen molar-refractivity contribution in [3.05, 3.63) is 82.9 Å². The van der Waals surface area contributed by atoms with Crippen molar-refractivity contribution in [2.45, 2.75) is 44.2 Å². The maximum absolute atomic E-state index is 13.6. The number of hydrogen-bond acceptors (Lipinski definition) is 4. The summed E-state index contributed by atoms with van der Waals surface area (Å²) in [4.78, 5) is 11.7. The van der Waals surface area contributed by atoms with Gasteiger partial charge in [-0.3, -0.25) is 0 Å². The van der Waals surface area contributed by atoms with Crippen molar-refractivity contribution in [2.75, 3.05) is 6.61 Å². The summed E-state index contributed by atoms with van der Waals surface area (Å²) in [5.74, 6) is -0.716. The van der Waals surface area contributed by atoms with Gasteiger partial charge in [0.15, 0.2) is 6.29 Å². The number of alkyl halides is 6. The van der Waals surface area contributed by atoms with E-state index < -0.39 is 47.9 Å². The first-order chi connectivity index (χ1) is 15.5. The predicted molar refractivity (Wildman–Crippen MR) is 105 cm³/mol. The Morgan fingerprint density at radius 3 is 2.06 bits per heavy atom. The number of esters is 1. The summed E-state index contributed by atoms with van der Waals surface area (Å²) in [5.41, 5.74) is -2.62. The molecule has 1 fully saturated rings. The average molecular weight is 474 g/mol. The lowest BCUT2D eigenvalue weighted by Crippen LogP contribution is -2.30. The molecule has 3 rings (SSSR count). The molecule has 0 saturated carbocycles. The lowest BCUT2D eigenvalue weighted by Gasteiger charge is -2.36. The Morgan fingerprint density at radius 2 is 1.48 bits per heavy atom. The van der Waals surface area contributed by atoms with Gasteiger partial charge >= 0.3 is 18.3 Å². The Balaban J connectivity index is 2.02. The molecule has 3 atom stereocenters. The van der Waals surface area contributed by atoms with Gasteiger partial charge < -0.3 is 14.2 Å². The summed E-state index contributed by atoms with van der Waals surface area (Å²) in [5, 5.41) is 0. The molecule has 1 heterocycles. The highest BCUT2D eigenvalue weighted by atomic mass is 19.4. The predicted octanol–water partition coefficient (Wildman–Crippen LogP) is 6.39. The van der Waals surface area contributed by atoms with E-state index in [9.17, 15) is 31.1 Å². The summed E-state index contributed by atoms with van der Waals surface area (Å²) >= 11 is 0. The molecular weight excluding hydrogens is 454 g/mol.